The van der Waals surface area contributed by atoms with E-state index in [2.05, 4.69) is 4.74 Å². The largest absolute Gasteiger partial charge is 0.497 e. The van der Waals surface area contributed by atoms with Crippen LogP contribution in [0.5, 0.6) is 5.75 Å². The number of carbonyl (C=O) groups excluding carboxylic acids is 2. The van der Waals surface area contributed by atoms with Gasteiger partial charge in [0, 0.05) is 13.0 Å². The molecular formula is C17H24O5. The minimum atomic E-state index is -0.478. The van der Waals surface area contributed by atoms with Crippen LogP contribution in [0.25, 0.3) is 0 Å². The Bertz CT molecular complexity index is 466. The highest BCUT2D eigenvalue weighted by molar-refractivity contribution is 5.95. The highest BCUT2D eigenvalue weighted by atomic mass is 16.5. The van der Waals surface area contributed by atoms with Gasteiger partial charge in [0.05, 0.1) is 20.8 Å². The third-order valence-electron chi connectivity index (χ3n) is 3.32. The fourth-order valence-corrected chi connectivity index (χ4v) is 1.91. The Morgan fingerprint density at radius 2 is 1.82 bits per heavy atom. The molecule has 0 fully saturated rings. The number of methoxy groups -OCH3 is 2. The first-order valence-corrected chi connectivity index (χ1v) is 7.34. The molecule has 0 aromatic heterocycles. The molecule has 1 rings (SSSR count). The first-order chi connectivity index (χ1) is 10.5. The van der Waals surface area contributed by atoms with Crippen molar-refractivity contribution in [3.63, 3.8) is 0 Å². The zero-order chi connectivity index (χ0) is 16.4. The van der Waals surface area contributed by atoms with Gasteiger partial charge in [0.1, 0.15) is 18.0 Å². The van der Waals surface area contributed by atoms with Gasteiger partial charge >= 0.3 is 5.97 Å². The molecule has 1 aromatic carbocycles. The molecule has 1 atom stereocenters. The van der Waals surface area contributed by atoms with Gasteiger partial charge in [-0.2, -0.15) is 0 Å². The average molecular weight is 308 g/mol. The molecule has 0 aliphatic carbocycles. The van der Waals surface area contributed by atoms with Crippen LogP contribution in [0.15, 0.2) is 24.3 Å². The fourth-order valence-electron chi connectivity index (χ4n) is 1.91. The molecule has 0 amide bonds. The molecule has 122 valence electrons. The molecule has 0 saturated heterocycles. The fraction of sp³-hybridized carbons (Fsp3) is 0.529. The quantitative estimate of drug-likeness (QED) is 0.491. The number of hydrogen-bond acceptors (Lipinski definition) is 5. The van der Waals surface area contributed by atoms with Gasteiger partial charge in [-0.15, -0.1) is 0 Å². The van der Waals surface area contributed by atoms with Crippen molar-refractivity contribution in [2.75, 3.05) is 20.8 Å². The van der Waals surface area contributed by atoms with Crippen molar-refractivity contribution in [3.8, 4) is 5.75 Å². The highest BCUT2D eigenvalue weighted by Gasteiger charge is 2.11. The van der Waals surface area contributed by atoms with Crippen LogP contribution in [0.1, 0.15) is 31.7 Å². The van der Waals surface area contributed by atoms with Crippen molar-refractivity contribution in [1.82, 2.24) is 0 Å². The maximum atomic E-state index is 11.5. The molecule has 1 aromatic rings. The maximum Gasteiger partial charge on any atom is 0.313 e. The molecule has 0 aliphatic heterocycles. The Morgan fingerprint density at radius 3 is 2.41 bits per heavy atom. The molecule has 0 bridgehead atoms. The number of Topliss-reactive ketones (excluding diaryl/α,β-unsaturated/α-hetero) is 1. The Balaban J connectivity index is 2.18. The van der Waals surface area contributed by atoms with E-state index in [1.807, 2.05) is 31.2 Å². The summed E-state index contributed by atoms with van der Waals surface area (Å²) in [4.78, 5) is 22.5. The van der Waals surface area contributed by atoms with Gasteiger partial charge in [-0.3, -0.25) is 9.59 Å². The molecule has 5 heteroatoms. The van der Waals surface area contributed by atoms with E-state index in [4.69, 9.17) is 9.47 Å². The van der Waals surface area contributed by atoms with Crippen LogP contribution in [0.2, 0.25) is 0 Å². The van der Waals surface area contributed by atoms with Gasteiger partial charge in [0.25, 0.3) is 0 Å². The molecule has 0 saturated carbocycles. The highest BCUT2D eigenvalue weighted by Crippen LogP contribution is 2.13. The van der Waals surface area contributed by atoms with E-state index >= 15 is 0 Å². The summed E-state index contributed by atoms with van der Waals surface area (Å²) in [6.45, 7) is 3.14. The topological polar surface area (TPSA) is 61.8 Å². The predicted molar refractivity (Wildman–Crippen MR) is 82.7 cm³/mol. The number of carbonyl (C=O) groups is 2. The monoisotopic (exact) mass is 308 g/mol. The summed E-state index contributed by atoms with van der Waals surface area (Å²) in [5, 5.41) is 0. The summed E-state index contributed by atoms with van der Waals surface area (Å²) in [5.74, 6) is 0.517. The van der Waals surface area contributed by atoms with E-state index in [1.165, 1.54) is 7.11 Å². The van der Waals surface area contributed by atoms with Gasteiger partial charge in [-0.25, -0.2) is 0 Å². The van der Waals surface area contributed by atoms with Crippen molar-refractivity contribution in [3.05, 3.63) is 29.8 Å². The summed E-state index contributed by atoms with van der Waals surface area (Å²) in [7, 11) is 2.92. The lowest BCUT2D eigenvalue weighted by Crippen LogP contribution is -2.12. The first-order valence-electron chi connectivity index (χ1n) is 7.34. The van der Waals surface area contributed by atoms with Crippen LogP contribution in [-0.2, 0) is 25.7 Å². The smallest absolute Gasteiger partial charge is 0.313 e. The van der Waals surface area contributed by atoms with Crippen molar-refractivity contribution in [1.29, 1.82) is 0 Å². The van der Waals surface area contributed by atoms with Crippen LogP contribution in [0.3, 0.4) is 0 Å². The molecule has 0 spiro atoms. The number of ketones is 1. The van der Waals surface area contributed by atoms with E-state index in [0.29, 0.717) is 26.1 Å². The molecule has 0 radical (unpaired) electrons. The van der Waals surface area contributed by atoms with Gasteiger partial charge in [0.2, 0.25) is 0 Å². The second-order valence-corrected chi connectivity index (χ2v) is 5.30. The Morgan fingerprint density at radius 1 is 1.14 bits per heavy atom. The van der Waals surface area contributed by atoms with E-state index in [-0.39, 0.29) is 18.1 Å². The third kappa shape index (κ3) is 7.22. The van der Waals surface area contributed by atoms with Crippen LogP contribution < -0.4 is 4.74 Å². The van der Waals surface area contributed by atoms with Gasteiger partial charge in [0.15, 0.2) is 0 Å². The standard InChI is InChI=1S/C17H24O5/c1-13(4-7-15(18)10-17(19)21-3)11-22-12-14-5-8-16(20-2)9-6-14/h5-6,8-9,13H,4,7,10-12H2,1-3H3/t13-/m1/s1. The Kier molecular flexibility index (Phi) is 8.22. The minimum absolute atomic E-state index is 0.0890. The molecule has 5 nitrogen and oxygen atoms in total. The van der Waals surface area contributed by atoms with Crippen LogP contribution in [0.4, 0.5) is 0 Å². The van der Waals surface area contributed by atoms with Crippen molar-refractivity contribution in [2.24, 2.45) is 5.92 Å². The zero-order valence-corrected chi connectivity index (χ0v) is 13.5. The summed E-state index contributed by atoms with van der Waals surface area (Å²) in [6, 6.07) is 7.72. The van der Waals surface area contributed by atoms with Gasteiger partial charge < -0.3 is 14.2 Å². The molecule has 0 unspecified atom stereocenters. The van der Waals surface area contributed by atoms with Gasteiger partial charge in [-0.05, 0) is 30.0 Å². The average Bonchev–Trinajstić information content (AvgIpc) is 2.53. The predicted octanol–water partition coefficient (Wildman–Crippen LogP) is 2.76. The molecule has 0 heterocycles. The maximum absolute atomic E-state index is 11.5. The van der Waals surface area contributed by atoms with Crippen molar-refractivity contribution < 1.29 is 23.8 Å². The van der Waals surface area contributed by atoms with E-state index in [0.717, 1.165) is 11.3 Å². The molecular weight excluding hydrogens is 284 g/mol. The second kappa shape index (κ2) is 9.95. The lowest BCUT2D eigenvalue weighted by atomic mass is 10.0. The van der Waals surface area contributed by atoms with Gasteiger partial charge in [-0.1, -0.05) is 19.1 Å². The first kappa shape index (κ1) is 18.2. The summed E-state index contributed by atoms with van der Waals surface area (Å²) in [5.41, 5.74) is 1.08. The minimum Gasteiger partial charge on any atom is -0.497 e. The van der Waals surface area contributed by atoms with Crippen LogP contribution >= 0.6 is 0 Å². The van der Waals surface area contributed by atoms with Crippen LogP contribution in [0, 0.1) is 5.92 Å². The third-order valence-corrected chi connectivity index (χ3v) is 3.32. The Labute approximate surface area is 131 Å². The molecule has 0 aliphatic rings. The number of rotatable bonds is 10. The lowest BCUT2D eigenvalue weighted by molar-refractivity contribution is -0.143. The second-order valence-electron chi connectivity index (χ2n) is 5.30. The zero-order valence-electron chi connectivity index (χ0n) is 13.5. The van der Waals surface area contributed by atoms with E-state index < -0.39 is 5.97 Å². The number of hydrogen-bond donors (Lipinski definition) is 0. The summed E-state index contributed by atoms with van der Waals surface area (Å²) in [6.07, 6.45) is 0.941. The lowest BCUT2D eigenvalue weighted by Gasteiger charge is -2.11. The van der Waals surface area contributed by atoms with E-state index in [9.17, 15) is 9.59 Å². The number of esters is 1. The van der Waals surface area contributed by atoms with Crippen LogP contribution in [-0.4, -0.2) is 32.6 Å². The number of benzene rings is 1. The van der Waals surface area contributed by atoms with E-state index in [1.54, 1.807) is 7.11 Å². The Hall–Kier alpha value is -1.88. The van der Waals surface area contributed by atoms with Crippen molar-refractivity contribution >= 4 is 11.8 Å². The normalized spacial score (nSPS) is 11.8. The summed E-state index contributed by atoms with van der Waals surface area (Å²) < 4.78 is 15.2. The SMILES string of the molecule is COC(=O)CC(=O)CC[C@@H](C)COCc1ccc(OC)cc1. The van der Waals surface area contributed by atoms with Crippen molar-refractivity contribution in [2.45, 2.75) is 32.8 Å². The number of ether oxygens (including phenoxy) is 3. The summed E-state index contributed by atoms with van der Waals surface area (Å²) >= 11 is 0. The molecule has 0 N–H and O–H groups in total. The molecule has 22 heavy (non-hydrogen) atoms.